The zero-order chi connectivity index (χ0) is 11.1. The Morgan fingerprint density at radius 1 is 1.53 bits per heavy atom. The summed E-state index contributed by atoms with van der Waals surface area (Å²) in [6, 6.07) is 0. The first-order valence-electron chi connectivity index (χ1n) is 4.63. The molecule has 1 heterocycles. The average Bonchev–Trinajstić information content (AvgIpc) is 2.22. The fourth-order valence-electron chi connectivity index (χ4n) is 0.827. The predicted molar refractivity (Wildman–Crippen MR) is 56.9 cm³/mol. The van der Waals surface area contributed by atoms with E-state index in [0.717, 1.165) is 12.8 Å². The van der Waals surface area contributed by atoms with Crippen LogP contribution in [0.2, 0.25) is 5.15 Å². The Hall–Kier alpha value is -1.36. The molecule has 0 unspecified atom stereocenters. The van der Waals surface area contributed by atoms with Crippen LogP contribution in [-0.2, 0) is 4.74 Å². The van der Waals surface area contributed by atoms with Crippen molar-refractivity contribution >= 4 is 23.5 Å². The molecular weight excluding hydrogens is 218 g/mol. The second kappa shape index (κ2) is 6.19. The summed E-state index contributed by atoms with van der Waals surface area (Å²) >= 11 is 5.53. The Morgan fingerprint density at radius 2 is 2.33 bits per heavy atom. The Labute approximate surface area is 92.8 Å². The van der Waals surface area contributed by atoms with Gasteiger partial charge < -0.3 is 4.74 Å². The van der Waals surface area contributed by atoms with Crippen molar-refractivity contribution in [3.05, 3.63) is 17.5 Å². The van der Waals surface area contributed by atoms with Gasteiger partial charge in [0.2, 0.25) is 0 Å². The lowest BCUT2D eigenvalue weighted by Crippen LogP contribution is -2.15. The van der Waals surface area contributed by atoms with Crippen LogP contribution >= 0.6 is 11.6 Å². The lowest BCUT2D eigenvalue weighted by atomic mass is 10.4. The van der Waals surface area contributed by atoms with E-state index in [1.807, 2.05) is 6.92 Å². The summed E-state index contributed by atoms with van der Waals surface area (Å²) in [6.45, 7) is 2.43. The fraction of sp³-hybridized carbons (Fsp3) is 0.444. The third kappa shape index (κ3) is 4.60. The van der Waals surface area contributed by atoms with E-state index in [1.165, 1.54) is 12.4 Å². The number of anilines is 1. The minimum atomic E-state index is -0.528. The molecule has 6 heteroatoms. The summed E-state index contributed by atoms with van der Waals surface area (Å²) < 4.78 is 4.87. The molecule has 0 saturated carbocycles. The monoisotopic (exact) mass is 229 g/mol. The van der Waals surface area contributed by atoms with Crippen LogP contribution in [0.5, 0.6) is 0 Å². The number of nitrogens with zero attached hydrogens (tertiary/aromatic N) is 2. The zero-order valence-electron chi connectivity index (χ0n) is 8.36. The van der Waals surface area contributed by atoms with Crippen molar-refractivity contribution in [1.29, 1.82) is 0 Å². The highest BCUT2D eigenvalue weighted by Crippen LogP contribution is 2.05. The summed E-state index contributed by atoms with van der Waals surface area (Å²) in [7, 11) is 0. The fourth-order valence-corrected chi connectivity index (χ4v) is 0.924. The lowest BCUT2D eigenvalue weighted by molar-refractivity contribution is 0.160. The van der Waals surface area contributed by atoms with Crippen molar-refractivity contribution < 1.29 is 9.53 Å². The zero-order valence-corrected chi connectivity index (χ0v) is 9.12. The second-order valence-corrected chi connectivity index (χ2v) is 3.23. The van der Waals surface area contributed by atoms with Gasteiger partial charge in [-0.1, -0.05) is 24.9 Å². The van der Waals surface area contributed by atoms with Gasteiger partial charge in [0.05, 0.1) is 19.0 Å². The predicted octanol–water partition coefficient (Wildman–Crippen LogP) is 2.48. The Kier molecular flexibility index (Phi) is 4.83. The number of halogens is 1. The van der Waals surface area contributed by atoms with Gasteiger partial charge in [0.25, 0.3) is 0 Å². The SMILES string of the molecule is CCCCOC(=O)Nc1cnc(Cl)cn1. The van der Waals surface area contributed by atoms with Gasteiger partial charge in [-0.15, -0.1) is 0 Å². The molecule has 5 nitrogen and oxygen atoms in total. The molecule has 0 bridgehead atoms. The van der Waals surface area contributed by atoms with Crippen molar-refractivity contribution in [3.8, 4) is 0 Å². The van der Waals surface area contributed by atoms with Gasteiger partial charge in [0.15, 0.2) is 5.82 Å². The number of hydrogen-bond acceptors (Lipinski definition) is 4. The largest absolute Gasteiger partial charge is 0.449 e. The maximum Gasteiger partial charge on any atom is 0.412 e. The van der Waals surface area contributed by atoms with Crippen molar-refractivity contribution in [2.24, 2.45) is 0 Å². The summed E-state index contributed by atoms with van der Waals surface area (Å²) in [4.78, 5) is 18.7. The van der Waals surface area contributed by atoms with E-state index in [2.05, 4.69) is 15.3 Å². The van der Waals surface area contributed by atoms with Crippen LogP contribution in [0.3, 0.4) is 0 Å². The van der Waals surface area contributed by atoms with Gasteiger partial charge in [0, 0.05) is 0 Å². The first-order chi connectivity index (χ1) is 7.22. The highest BCUT2D eigenvalue weighted by molar-refractivity contribution is 6.29. The molecular formula is C9H12ClN3O2. The van der Waals surface area contributed by atoms with Crippen LogP contribution in [0.1, 0.15) is 19.8 Å². The number of rotatable bonds is 4. The smallest absolute Gasteiger partial charge is 0.412 e. The number of unbranched alkanes of at least 4 members (excludes halogenated alkanes) is 1. The molecule has 15 heavy (non-hydrogen) atoms. The Balaban J connectivity index is 2.34. The summed E-state index contributed by atoms with van der Waals surface area (Å²) in [5.74, 6) is 0.320. The molecule has 82 valence electrons. The molecule has 0 aliphatic rings. The van der Waals surface area contributed by atoms with Crippen molar-refractivity contribution in [2.75, 3.05) is 11.9 Å². The van der Waals surface area contributed by atoms with E-state index in [4.69, 9.17) is 16.3 Å². The number of ether oxygens (including phenoxy) is 1. The topological polar surface area (TPSA) is 64.1 Å². The molecule has 0 aromatic carbocycles. The maximum atomic E-state index is 11.1. The summed E-state index contributed by atoms with van der Waals surface area (Å²) in [6.07, 6.45) is 4.01. The van der Waals surface area contributed by atoms with Gasteiger partial charge in [-0.3, -0.25) is 5.32 Å². The molecule has 0 aliphatic carbocycles. The van der Waals surface area contributed by atoms with Crippen LogP contribution in [0, 0.1) is 0 Å². The van der Waals surface area contributed by atoms with Gasteiger partial charge in [0.1, 0.15) is 5.15 Å². The highest BCUT2D eigenvalue weighted by Gasteiger charge is 2.03. The van der Waals surface area contributed by atoms with Gasteiger partial charge in [-0.05, 0) is 6.42 Å². The molecule has 1 rings (SSSR count). The van der Waals surface area contributed by atoms with Crippen LogP contribution in [0.4, 0.5) is 10.6 Å². The van der Waals surface area contributed by atoms with Crippen molar-refractivity contribution in [1.82, 2.24) is 9.97 Å². The minimum Gasteiger partial charge on any atom is -0.449 e. The van der Waals surface area contributed by atoms with Crippen LogP contribution in [-0.4, -0.2) is 22.7 Å². The summed E-state index contributed by atoms with van der Waals surface area (Å²) in [5, 5.41) is 2.71. The average molecular weight is 230 g/mol. The molecule has 1 aromatic heterocycles. The number of hydrogen-bond donors (Lipinski definition) is 1. The molecule has 1 aromatic rings. The van der Waals surface area contributed by atoms with E-state index >= 15 is 0 Å². The molecule has 0 radical (unpaired) electrons. The molecule has 0 spiro atoms. The van der Waals surface area contributed by atoms with Crippen LogP contribution < -0.4 is 5.32 Å². The number of carbonyl (C=O) groups excluding carboxylic acids is 1. The van der Waals surface area contributed by atoms with Crippen molar-refractivity contribution in [3.63, 3.8) is 0 Å². The normalized spacial score (nSPS) is 9.73. The van der Waals surface area contributed by atoms with Gasteiger partial charge >= 0.3 is 6.09 Å². The molecule has 1 amide bonds. The third-order valence-electron chi connectivity index (χ3n) is 1.58. The Bertz CT molecular complexity index is 316. The number of aromatic nitrogens is 2. The number of amides is 1. The standard InChI is InChI=1S/C9H12ClN3O2/c1-2-3-4-15-9(14)13-8-6-11-7(10)5-12-8/h5-6H,2-4H2,1H3,(H,12,13,14). The molecule has 0 fully saturated rings. The summed E-state index contributed by atoms with van der Waals surface area (Å²) in [5.41, 5.74) is 0. The Morgan fingerprint density at radius 3 is 2.93 bits per heavy atom. The van der Waals surface area contributed by atoms with E-state index in [-0.39, 0.29) is 5.15 Å². The first kappa shape index (κ1) is 11.7. The molecule has 1 N–H and O–H groups in total. The molecule has 0 aliphatic heterocycles. The van der Waals surface area contributed by atoms with Crippen molar-refractivity contribution in [2.45, 2.75) is 19.8 Å². The van der Waals surface area contributed by atoms with Crippen LogP contribution in [0.15, 0.2) is 12.4 Å². The van der Waals surface area contributed by atoms with E-state index in [0.29, 0.717) is 12.4 Å². The first-order valence-corrected chi connectivity index (χ1v) is 5.01. The minimum absolute atomic E-state index is 0.278. The quantitative estimate of drug-likeness (QED) is 0.806. The van der Waals surface area contributed by atoms with E-state index in [1.54, 1.807) is 0 Å². The maximum absolute atomic E-state index is 11.1. The van der Waals surface area contributed by atoms with Gasteiger partial charge in [-0.2, -0.15) is 0 Å². The third-order valence-corrected chi connectivity index (χ3v) is 1.78. The lowest BCUT2D eigenvalue weighted by Gasteiger charge is -2.04. The number of carbonyl (C=O) groups is 1. The number of nitrogens with one attached hydrogen (secondary N) is 1. The van der Waals surface area contributed by atoms with E-state index in [9.17, 15) is 4.79 Å². The van der Waals surface area contributed by atoms with Gasteiger partial charge in [-0.25, -0.2) is 14.8 Å². The molecule has 0 saturated heterocycles. The highest BCUT2D eigenvalue weighted by atomic mass is 35.5. The second-order valence-electron chi connectivity index (χ2n) is 2.84. The molecule has 0 atom stereocenters. The van der Waals surface area contributed by atoms with E-state index < -0.39 is 6.09 Å². The van der Waals surface area contributed by atoms with Crippen LogP contribution in [0.25, 0.3) is 0 Å².